The smallest absolute Gasteiger partial charge is 0.249 e. The summed E-state index contributed by atoms with van der Waals surface area (Å²) in [6.45, 7) is 3.85. The Balaban J connectivity index is 2.80. The van der Waals surface area contributed by atoms with E-state index in [1.54, 1.807) is 0 Å². The number of thiazole rings is 1. The zero-order valence-electron chi connectivity index (χ0n) is 9.04. The maximum atomic E-state index is 11.0. The number of hydrogen-bond acceptors (Lipinski definition) is 6. The van der Waals surface area contributed by atoms with Crippen molar-refractivity contribution in [2.45, 2.75) is 24.1 Å². The Bertz CT molecular complexity index is 441. The standard InChI is InChI=1S/C8H15N3O3S2/c1-5(2)6(4-12)11-8-10-3-7(15-8)16(9,13)14/h3,5-6,12H,4H2,1-2H3,(H,10,11)(H2,9,13,14)/t6-/m1/s1. The van der Waals surface area contributed by atoms with E-state index in [0.29, 0.717) is 5.13 Å². The maximum Gasteiger partial charge on any atom is 0.249 e. The second-order valence-electron chi connectivity index (χ2n) is 3.71. The van der Waals surface area contributed by atoms with Gasteiger partial charge in [-0.2, -0.15) is 0 Å². The van der Waals surface area contributed by atoms with Crippen molar-refractivity contribution in [2.75, 3.05) is 11.9 Å². The van der Waals surface area contributed by atoms with Crippen LogP contribution in [0.1, 0.15) is 13.8 Å². The predicted octanol–water partition coefficient (Wildman–Crippen LogP) is 0.219. The minimum Gasteiger partial charge on any atom is -0.394 e. The first-order chi connectivity index (χ1) is 7.34. The molecular weight excluding hydrogens is 250 g/mol. The lowest BCUT2D eigenvalue weighted by atomic mass is 10.1. The van der Waals surface area contributed by atoms with Crippen molar-refractivity contribution in [3.8, 4) is 0 Å². The monoisotopic (exact) mass is 265 g/mol. The minimum atomic E-state index is -3.69. The molecule has 0 aliphatic rings. The van der Waals surface area contributed by atoms with Crippen LogP contribution in [-0.4, -0.2) is 31.2 Å². The molecule has 0 saturated heterocycles. The number of anilines is 1. The van der Waals surface area contributed by atoms with Gasteiger partial charge >= 0.3 is 0 Å². The van der Waals surface area contributed by atoms with Gasteiger partial charge in [-0.15, -0.1) is 0 Å². The molecule has 0 aliphatic heterocycles. The summed E-state index contributed by atoms with van der Waals surface area (Å²) in [5, 5.41) is 17.5. The molecule has 8 heteroatoms. The zero-order chi connectivity index (χ0) is 12.3. The number of nitrogens with zero attached hydrogens (tertiary/aromatic N) is 1. The van der Waals surface area contributed by atoms with Gasteiger partial charge in [0.05, 0.1) is 18.8 Å². The van der Waals surface area contributed by atoms with Gasteiger partial charge in [-0.1, -0.05) is 25.2 Å². The Morgan fingerprint density at radius 1 is 1.62 bits per heavy atom. The van der Waals surface area contributed by atoms with E-state index in [1.165, 1.54) is 6.20 Å². The lowest BCUT2D eigenvalue weighted by Crippen LogP contribution is -2.29. The summed E-state index contributed by atoms with van der Waals surface area (Å²) in [7, 11) is -3.69. The van der Waals surface area contributed by atoms with E-state index in [0.717, 1.165) is 11.3 Å². The van der Waals surface area contributed by atoms with Crippen molar-refractivity contribution in [3.05, 3.63) is 6.20 Å². The first-order valence-corrected chi connectivity index (χ1v) is 7.07. The van der Waals surface area contributed by atoms with Crippen molar-refractivity contribution in [1.82, 2.24) is 4.98 Å². The number of hydrogen-bond donors (Lipinski definition) is 3. The highest BCUT2D eigenvalue weighted by molar-refractivity contribution is 7.91. The zero-order valence-corrected chi connectivity index (χ0v) is 10.7. The number of sulfonamides is 1. The molecule has 0 radical (unpaired) electrons. The molecule has 0 bridgehead atoms. The number of primary sulfonamides is 1. The summed E-state index contributed by atoms with van der Waals surface area (Å²) in [4.78, 5) is 3.89. The van der Waals surface area contributed by atoms with Crippen molar-refractivity contribution < 1.29 is 13.5 Å². The van der Waals surface area contributed by atoms with Gasteiger partial charge in [-0.05, 0) is 5.92 Å². The Kier molecular flexibility index (Phi) is 4.25. The van der Waals surface area contributed by atoms with Crippen LogP contribution in [0.25, 0.3) is 0 Å². The van der Waals surface area contributed by atoms with Gasteiger partial charge in [0.25, 0.3) is 0 Å². The lowest BCUT2D eigenvalue weighted by molar-refractivity contribution is 0.249. The van der Waals surface area contributed by atoms with Crippen LogP contribution in [0.5, 0.6) is 0 Å². The average molecular weight is 265 g/mol. The van der Waals surface area contributed by atoms with Gasteiger partial charge < -0.3 is 10.4 Å². The third-order valence-electron chi connectivity index (χ3n) is 2.08. The van der Waals surface area contributed by atoms with Crippen LogP contribution < -0.4 is 10.5 Å². The van der Waals surface area contributed by atoms with Gasteiger partial charge in [0.2, 0.25) is 10.0 Å². The molecule has 0 unspecified atom stereocenters. The predicted molar refractivity (Wildman–Crippen MR) is 62.8 cm³/mol. The summed E-state index contributed by atoms with van der Waals surface area (Å²) in [6, 6.07) is -0.153. The number of nitrogens with two attached hydrogens (primary N) is 1. The lowest BCUT2D eigenvalue weighted by Gasteiger charge is -2.18. The fraction of sp³-hybridized carbons (Fsp3) is 0.625. The Labute approximate surface area is 98.6 Å². The van der Waals surface area contributed by atoms with Gasteiger partial charge in [0.1, 0.15) is 0 Å². The molecule has 0 spiro atoms. The van der Waals surface area contributed by atoms with Crippen molar-refractivity contribution >= 4 is 26.5 Å². The maximum absolute atomic E-state index is 11.0. The van der Waals surface area contributed by atoms with Gasteiger partial charge in [-0.25, -0.2) is 18.5 Å². The highest BCUT2D eigenvalue weighted by atomic mass is 32.2. The highest BCUT2D eigenvalue weighted by Gasteiger charge is 2.16. The summed E-state index contributed by atoms with van der Waals surface area (Å²) in [5.41, 5.74) is 0. The largest absolute Gasteiger partial charge is 0.394 e. The fourth-order valence-corrected chi connectivity index (χ4v) is 2.55. The van der Waals surface area contributed by atoms with Crippen LogP contribution in [0, 0.1) is 5.92 Å². The summed E-state index contributed by atoms with van der Waals surface area (Å²) >= 11 is 0.955. The average Bonchev–Trinajstić information content (AvgIpc) is 2.61. The van der Waals surface area contributed by atoms with E-state index in [2.05, 4.69) is 10.3 Å². The van der Waals surface area contributed by atoms with Crippen molar-refractivity contribution in [3.63, 3.8) is 0 Å². The summed E-state index contributed by atoms with van der Waals surface area (Å²) < 4.78 is 22.0. The van der Waals surface area contributed by atoms with E-state index >= 15 is 0 Å². The molecule has 6 nitrogen and oxygen atoms in total. The van der Waals surface area contributed by atoms with Crippen LogP contribution in [0.2, 0.25) is 0 Å². The van der Waals surface area contributed by atoms with Crippen molar-refractivity contribution in [2.24, 2.45) is 11.1 Å². The number of nitrogens with one attached hydrogen (secondary N) is 1. The number of aliphatic hydroxyl groups is 1. The number of aromatic nitrogens is 1. The van der Waals surface area contributed by atoms with Crippen LogP contribution in [0.15, 0.2) is 10.4 Å². The SMILES string of the molecule is CC(C)[C@@H](CO)Nc1ncc(S(N)(=O)=O)s1. The summed E-state index contributed by atoms with van der Waals surface area (Å²) in [5.74, 6) is 0.215. The minimum absolute atomic E-state index is 0.00967. The molecule has 16 heavy (non-hydrogen) atoms. The molecule has 0 fully saturated rings. The molecule has 92 valence electrons. The van der Waals surface area contributed by atoms with Crippen LogP contribution in [0.3, 0.4) is 0 Å². The molecule has 0 aliphatic carbocycles. The summed E-state index contributed by atoms with van der Waals surface area (Å²) in [6.07, 6.45) is 1.21. The first kappa shape index (κ1) is 13.4. The van der Waals surface area contributed by atoms with Crippen LogP contribution >= 0.6 is 11.3 Å². The molecule has 1 heterocycles. The third kappa shape index (κ3) is 3.41. The van der Waals surface area contributed by atoms with Gasteiger partial charge in [0.15, 0.2) is 9.34 Å². The highest BCUT2D eigenvalue weighted by Crippen LogP contribution is 2.23. The van der Waals surface area contributed by atoms with E-state index in [-0.39, 0.29) is 22.8 Å². The van der Waals surface area contributed by atoms with E-state index < -0.39 is 10.0 Å². The Morgan fingerprint density at radius 2 is 2.25 bits per heavy atom. The molecule has 0 amide bonds. The molecule has 0 saturated carbocycles. The van der Waals surface area contributed by atoms with Crippen molar-refractivity contribution in [1.29, 1.82) is 0 Å². The molecule has 4 N–H and O–H groups in total. The normalized spacial score (nSPS) is 14.1. The topological polar surface area (TPSA) is 105 Å². The Hall–Kier alpha value is -0.700. The second-order valence-corrected chi connectivity index (χ2v) is 6.53. The molecule has 1 rings (SSSR count). The quantitative estimate of drug-likeness (QED) is 0.706. The molecule has 1 aromatic rings. The van der Waals surface area contributed by atoms with Gasteiger partial charge in [-0.3, -0.25) is 0 Å². The third-order valence-corrected chi connectivity index (χ3v) is 4.41. The number of rotatable bonds is 5. The second kappa shape index (κ2) is 5.09. The molecule has 0 aromatic carbocycles. The first-order valence-electron chi connectivity index (χ1n) is 4.70. The fourth-order valence-electron chi connectivity index (χ4n) is 1.04. The Morgan fingerprint density at radius 3 is 2.62 bits per heavy atom. The van der Waals surface area contributed by atoms with Crippen LogP contribution in [-0.2, 0) is 10.0 Å². The molecule has 1 aromatic heterocycles. The molecular formula is C8H15N3O3S2. The van der Waals surface area contributed by atoms with E-state index in [1.807, 2.05) is 13.8 Å². The van der Waals surface area contributed by atoms with E-state index in [4.69, 9.17) is 10.2 Å². The van der Waals surface area contributed by atoms with Gasteiger partial charge in [0, 0.05) is 0 Å². The number of aliphatic hydroxyl groups excluding tert-OH is 1. The molecule has 1 atom stereocenters. The van der Waals surface area contributed by atoms with Crippen LogP contribution in [0.4, 0.5) is 5.13 Å². The van der Waals surface area contributed by atoms with E-state index in [9.17, 15) is 8.42 Å².